The molecule has 0 aliphatic carbocycles. The summed E-state index contributed by atoms with van der Waals surface area (Å²) >= 11 is 0. The van der Waals surface area contributed by atoms with Gasteiger partial charge in [-0.05, 0) is 31.0 Å². The van der Waals surface area contributed by atoms with E-state index >= 15 is 0 Å². The van der Waals surface area contributed by atoms with Gasteiger partial charge >= 0.3 is 0 Å². The van der Waals surface area contributed by atoms with Crippen molar-refractivity contribution in [3.05, 3.63) is 23.4 Å². The van der Waals surface area contributed by atoms with Crippen molar-refractivity contribution in [2.24, 2.45) is 0 Å². The van der Waals surface area contributed by atoms with Crippen molar-refractivity contribution >= 4 is 11.7 Å². The molecule has 2 N–H and O–H groups in total. The smallest absolute Gasteiger partial charge is 0.239 e. The molecule has 1 heterocycles. The average Bonchev–Trinajstić information content (AvgIpc) is 2.36. The number of carbonyl (C=O) groups excluding carboxylic acids is 1. The lowest BCUT2D eigenvalue weighted by Gasteiger charge is -2.20. The number of carbonyl (C=O) groups is 1. The zero-order chi connectivity index (χ0) is 15.1. The molecule has 0 saturated heterocycles. The Morgan fingerprint density at radius 1 is 1.45 bits per heavy atom. The van der Waals surface area contributed by atoms with E-state index in [0.29, 0.717) is 19.1 Å². The first-order valence-corrected chi connectivity index (χ1v) is 7.10. The van der Waals surface area contributed by atoms with Crippen LogP contribution in [0.25, 0.3) is 0 Å². The lowest BCUT2D eigenvalue weighted by atomic mass is 10.2. The lowest BCUT2D eigenvalue weighted by Crippen LogP contribution is -2.35. The summed E-state index contributed by atoms with van der Waals surface area (Å²) in [4.78, 5) is 17.9. The van der Waals surface area contributed by atoms with Gasteiger partial charge in [-0.3, -0.25) is 4.79 Å². The van der Waals surface area contributed by atoms with Crippen molar-refractivity contribution in [3.63, 3.8) is 0 Å². The first kappa shape index (κ1) is 16.4. The number of hydrogen-bond donors (Lipinski definition) is 2. The second-order valence-electron chi connectivity index (χ2n) is 5.33. The third-order valence-corrected chi connectivity index (χ3v) is 2.94. The summed E-state index contributed by atoms with van der Waals surface area (Å²) in [5, 5.41) is 6.16. The molecular weight excluding hydrogens is 252 g/mol. The van der Waals surface area contributed by atoms with E-state index in [9.17, 15) is 4.79 Å². The van der Waals surface area contributed by atoms with Gasteiger partial charge in [0.15, 0.2) is 0 Å². The van der Waals surface area contributed by atoms with Gasteiger partial charge in [-0.2, -0.15) is 0 Å². The molecule has 1 rings (SSSR count). The molecule has 0 radical (unpaired) electrons. The second-order valence-corrected chi connectivity index (χ2v) is 5.33. The number of amides is 1. The van der Waals surface area contributed by atoms with Crippen LogP contribution in [-0.4, -0.2) is 37.1 Å². The Hall–Kier alpha value is -1.62. The number of rotatable bonds is 7. The molecule has 0 bridgehead atoms. The van der Waals surface area contributed by atoms with Crippen molar-refractivity contribution in [2.45, 2.75) is 40.3 Å². The molecule has 0 fully saturated rings. The summed E-state index contributed by atoms with van der Waals surface area (Å²) in [6.45, 7) is 9.97. The van der Waals surface area contributed by atoms with Crippen molar-refractivity contribution < 1.29 is 4.79 Å². The van der Waals surface area contributed by atoms with Crippen LogP contribution in [-0.2, 0) is 11.3 Å². The van der Waals surface area contributed by atoms with Gasteiger partial charge in [0.05, 0.1) is 6.54 Å². The average molecular weight is 278 g/mol. The molecule has 0 unspecified atom stereocenters. The molecule has 1 aromatic rings. The molecule has 0 spiro atoms. The number of anilines is 1. The van der Waals surface area contributed by atoms with E-state index in [4.69, 9.17) is 0 Å². The Kier molecular flexibility index (Phi) is 6.45. The second kappa shape index (κ2) is 7.85. The fourth-order valence-corrected chi connectivity index (χ4v) is 1.99. The number of nitrogens with one attached hydrogen (secondary N) is 2. The molecule has 1 amide bonds. The number of pyridine rings is 1. The van der Waals surface area contributed by atoms with Crippen molar-refractivity contribution in [1.82, 2.24) is 15.6 Å². The normalized spacial score (nSPS) is 10.7. The van der Waals surface area contributed by atoms with Crippen LogP contribution in [0, 0.1) is 6.92 Å². The maximum atomic E-state index is 11.6. The molecule has 20 heavy (non-hydrogen) atoms. The van der Waals surface area contributed by atoms with Gasteiger partial charge in [-0.1, -0.05) is 13.8 Å². The Bertz CT molecular complexity index is 445. The summed E-state index contributed by atoms with van der Waals surface area (Å²) < 4.78 is 0. The van der Waals surface area contributed by atoms with Crippen LogP contribution in [0.1, 0.15) is 31.9 Å². The van der Waals surface area contributed by atoms with E-state index in [1.807, 2.05) is 32.0 Å². The van der Waals surface area contributed by atoms with Gasteiger partial charge in [-0.15, -0.1) is 0 Å². The maximum absolute atomic E-state index is 11.6. The van der Waals surface area contributed by atoms with E-state index < -0.39 is 0 Å². The Morgan fingerprint density at radius 2 is 2.15 bits per heavy atom. The number of hydrogen-bond acceptors (Lipinski definition) is 4. The molecule has 0 aromatic carbocycles. The predicted molar refractivity (Wildman–Crippen MR) is 82.9 cm³/mol. The summed E-state index contributed by atoms with van der Waals surface area (Å²) in [6, 6.07) is 2.57. The number of aromatic nitrogens is 1. The molecule has 112 valence electrons. The highest BCUT2D eigenvalue weighted by Gasteiger charge is 2.10. The van der Waals surface area contributed by atoms with Crippen molar-refractivity contribution in [2.75, 3.05) is 25.0 Å². The molecular formula is C15H26N4O. The van der Waals surface area contributed by atoms with E-state index in [1.165, 1.54) is 0 Å². The van der Waals surface area contributed by atoms with Crippen molar-refractivity contribution in [1.29, 1.82) is 0 Å². The Labute approximate surface area is 121 Å². The van der Waals surface area contributed by atoms with Gasteiger partial charge in [0, 0.05) is 32.4 Å². The minimum atomic E-state index is 0.0155. The number of aryl methyl sites for hydroxylation is 1. The Balaban J connectivity index is 2.69. The van der Waals surface area contributed by atoms with E-state index in [-0.39, 0.29) is 5.91 Å². The van der Waals surface area contributed by atoms with E-state index in [1.54, 1.807) is 0 Å². The molecule has 1 aromatic heterocycles. The topological polar surface area (TPSA) is 57.3 Å². The fraction of sp³-hybridized carbons (Fsp3) is 0.600. The highest BCUT2D eigenvalue weighted by atomic mass is 16.2. The van der Waals surface area contributed by atoms with Gasteiger partial charge in [-0.25, -0.2) is 4.98 Å². The minimum absolute atomic E-state index is 0.0155. The van der Waals surface area contributed by atoms with Crippen LogP contribution in [0.2, 0.25) is 0 Å². The first-order chi connectivity index (χ1) is 9.43. The number of likely N-dealkylation sites (N-methyl/N-ethyl adjacent to an activating group) is 2. The summed E-state index contributed by atoms with van der Waals surface area (Å²) in [5.41, 5.74) is 2.24. The van der Waals surface area contributed by atoms with Crippen LogP contribution >= 0.6 is 0 Å². The van der Waals surface area contributed by atoms with Gasteiger partial charge in [0.1, 0.15) is 5.82 Å². The zero-order valence-corrected chi connectivity index (χ0v) is 13.2. The fourth-order valence-electron chi connectivity index (χ4n) is 1.99. The molecule has 5 nitrogen and oxygen atoms in total. The third kappa shape index (κ3) is 5.17. The standard InChI is InChI=1S/C15H26N4O/c1-6-16-14(20)10-19(5)15-12(4)7-13(9-18-15)8-17-11(2)3/h7,9,11,17H,6,8,10H2,1-5H3,(H,16,20). The van der Waals surface area contributed by atoms with Gasteiger partial charge < -0.3 is 15.5 Å². The zero-order valence-electron chi connectivity index (χ0n) is 13.2. The van der Waals surface area contributed by atoms with Gasteiger partial charge in [0.25, 0.3) is 0 Å². The van der Waals surface area contributed by atoms with Gasteiger partial charge in [0.2, 0.25) is 5.91 Å². The summed E-state index contributed by atoms with van der Waals surface area (Å²) in [6.07, 6.45) is 1.87. The molecule has 0 atom stereocenters. The highest BCUT2D eigenvalue weighted by Crippen LogP contribution is 2.16. The van der Waals surface area contributed by atoms with Crippen LogP contribution in [0.4, 0.5) is 5.82 Å². The highest BCUT2D eigenvalue weighted by molar-refractivity contribution is 5.81. The largest absolute Gasteiger partial charge is 0.355 e. The molecule has 0 aliphatic rings. The van der Waals surface area contributed by atoms with Crippen LogP contribution in [0.5, 0.6) is 0 Å². The number of nitrogens with zero attached hydrogens (tertiary/aromatic N) is 2. The van der Waals surface area contributed by atoms with Crippen molar-refractivity contribution in [3.8, 4) is 0 Å². The van der Waals surface area contributed by atoms with Crippen LogP contribution in [0.3, 0.4) is 0 Å². The molecule has 5 heteroatoms. The quantitative estimate of drug-likeness (QED) is 0.793. The monoisotopic (exact) mass is 278 g/mol. The molecule has 0 aliphatic heterocycles. The SMILES string of the molecule is CCNC(=O)CN(C)c1ncc(CNC(C)C)cc1C. The predicted octanol–water partition coefficient (Wildman–Crippen LogP) is 1.46. The summed E-state index contributed by atoms with van der Waals surface area (Å²) in [5.74, 6) is 0.867. The minimum Gasteiger partial charge on any atom is -0.355 e. The van der Waals surface area contributed by atoms with Crippen LogP contribution < -0.4 is 15.5 Å². The molecule has 0 saturated carbocycles. The lowest BCUT2D eigenvalue weighted by molar-refractivity contribution is -0.119. The van der Waals surface area contributed by atoms with E-state index in [2.05, 4.69) is 35.5 Å². The van der Waals surface area contributed by atoms with Crippen LogP contribution in [0.15, 0.2) is 12.3 Å². The third-order valence-electron chi connectivity index (χ3n) is 2.94. The Morgan fingerprint density at radius 3 is 2.70 bits per heavy atom. The summed E-state index contributed by atoms with van der Waals surface area (Å²) in [7, 11) is 1.89. The first-order valence-electron chi connectivity index (χ1n) is 7.10. The maximum Gasteiger partial charge on any atom is 0.239 e. The van der Waals surface area contributed by atoms with E-state index in [0.717, 1.165) is 23.5 Å².